The van der Waals surface area contributed by atoms with Crippen LogP contribution in [0.2, 0.25) is 0 Å². The molecule has 0 bridgehead atoms. The molecule has 4 heteroatoms. The van der Waals surface area contributed by atoms with Gasteiger partial charge in [-0.15, -0.1) is 0 Å². The van der Waals surface area contributed by atoms with Crippen molar-refractivity contribution in [1.29, 1.82) is 0 Å². The number of carbonyl (C=O) groups is 1. The van der Waals surface area contributed by atoms with Crippen LogP contribution in [0.25, 0.3) is 0 Å². The van der Waals surface area contributed by atoms with Crippen molar-refractivity contribution in [2.24, 2.45) is 5.73 Å². The topological polar surface area (TPSA) is 64.3 Å². The van der Waals surface area contributed by atoms with Crippen LogP contribution >= 0.6 is 0 Å². The van der Waals surface area contributed by atoms with E-state index in [0.29, 0.717) is 0 Å². The standard InChI is InChI=1S/C15H24N2O2/c1-11(2)17-15(14(16)18,10-19-12(3)4)13-8-6-5-7-9-13/h5-9,11-12,17H,10H2,1-4H3,(H2,16,18). The molecule has 0 aliphatic rings. The first-order valence-corrected chi connectivity index (χ1v) is 6.63. The molecule has 0 radical (unpaired) electrons. The zero-order valence-electron chi connectivity index (χ0n) is 12.1. The Morgan fingerprint density at radius 2 is 1.84 bits per heavy atom. The number of hydrogen-bond donors (Lipinski definition) is 2. The molecule has 1 amide bonds. The van der Waals surface area contributed by atoms with Crippen LogP contribution in [-0.4, -0.2) is 24.7 Å². The van der Waals surface area contributed by atoms with Crippen molar-refractivity contribution < 1.29 is 9.53 Å². The van der Waals surface area contributed by atoms with Gasteiger partial charge in [0, 0.05) is 6.04 Å². The Morgan fingerprint density at radius 3 is 2.26 bits per heavy atom. The summed E-state index contributed by atoms with van der Waals surface area (Å²) in [6.07, 6.45) is 0.0383. The largest absolute Gasteiger partial charge is 0.376 e. The van der Waals surface area contributed by atoms with E-state index in [0.717, 1.165) is 5.56 Å². The van der Waals surface area contributed by atoms with Gasteiger partial charge in [0.05, 0.1) is 12.7 Å². The molecular formula is C15H24N2O2. The molecule has 0 spiro atoms. The molecule has 106 valence electrons. The van der Waals surface area contributed by atoms with Crippen LogP contribution < -0.4 is 11.1 Å². The van der Waals surface area contributed by atoms with Gasteiger partial charge >= 0.3 is 0 Å². The zero-order chi connectivity index (χ0) is 14.5. The lowest BCUT2D eigenvalue weighted by Gasteiger charge is -2.34. The van der Waals surface area contributed by atoms with Crippen molar-refractivity contribution in [2.45, 2.75) is 45.4 Å². The molecule has 0 saturated heterocycles. The van der Waals surface area contributed by atoms with E-state index in [1.807, 2.05) is 58.0 Å². The molecule has 1 rings (SSSR count). The fourth-order valence-corrected chi connectivity index (χ4v) is 2.00. The molecule has 1 atom stereocenters. The predicted molar refractivity (Wildman–Crippen MR) is 76.7 cm³/mol. The second-order valence-corrected chi connectivity index (χ2v) is 5.29. The summed E-state index contributed by atoms with van der Waals surface area (Å²) in [5.41, 5.74) is 5.50. The van der Waals surface area contributed by atoms with E-state index in [9.17, 15) is 4.79 Å². The molecule has 0 aliphatic heterocycles. The lowest BCUT2D eigenvalue weighted by atomic mass is 9.89. The van der Waals surface area contributed by atoms with Crippen LogP contribution in [0.5, 0.6) is 0 Å². The van der Waals surface area contributed by atoms with Crippen LogP contribution in [0.1, 0.15) is 33.3 Å². The van der Waals surface area contributed by atoms with Crippen LogP contribution in [-0.2, 0) is 15.1 Å². The zero-order valence-corrected chi connectivity index (χ0v) is 12.1. The van der Waals surface area contributed by atoms with Gasteiger partial charge in [0.1, 0.15) is 5.54 Å². The summed E-state index contributed by atoms with van der Waals surface area (Å²) in [4.78, 5) is 12.0. The molecule has 4 nitrogen and oxygen atoms in total. The van der Waals surface area contributed by atoms with E-state index < -0.39 is 11.4 Å². The number of ether oxygens (including phenoxy) is 1. The minimum Gasteiger partial charge on any atom is -0.376 e. The number of nitrogens with two attached hydrogens (primary N) is 1. The summed E-state index contributed by atoms with van der Waals surface area (Å²) in [5, 5.41) is 3.26. The van der Waals surface area contributed by atoms with Crippen molar-refractivity contribution >= 4 is 5.91 Å². The third-order valence-electron chi connectivity index (χ3n) is 2.86. The minimum absolute atomic E-state index is 0.0383. The van der Waals surface area contributed by atoms with Crippen LogP contribution in [0, 0.1) is 0 Å². The van der Waals surface area contributed by atoms with Crippen LogP contribution in [0.15, 0.2) is 30.3 Å². The van der Waals surface area contributed by atoms with E-state index >= 15 is 0 Å². The highest BCUT2D eigenvalue weighted by Crippen LogP contribution is 2.23. The Hall–Kier alpha value is -1.39. The fraction of sp³-hybridized carbons (Fsp3) is 0.533. The third kappa shape index (κ3) is 4.04. The second-order valence-electron chi connectivity index (χ2n) is 5.29. The molecular weight excluding hydrogens is 240 g/mol. The lowest BCUT2D eigenvalue weighted by molar-refractivity contribution is -0.129. The third-order valence-corrected chi connectivity index (χ3v) is 2.86. The van der Waals surface area contributed by atoms with E-state index in [1.54, 1.807) is 0 Å². The van der Waals surface area contributed by atoms with Gasteiger partial charge in [0.15, 0.2) is 0 Å². The van der Waals surface area contributed by atoms with Gasteiger partial charge in [-0.2, -0.15) is 0 Å². The molecule has 1 aromatic carbocycles. The summed E-state index contributed by atoms with van der Waals surface area (Å²) < 4.78 is 5.66. The number of primary amides is 1. The SMILES string of the molecule is CC(C)NC(COC(C)C)(C(N)=O)c1ccccc1. The first kappa shape index (κ1) is 15.7. The average Bonchev–Trinajstić information content (AvgIpc) is 2.34. The van der Waals surface area contributed by atoms with Gasteiger partial charge in [-0.1, -0.05) is 30.3 Å². The number of nitrogens with one attached hydrogen (secondary N) is 1. The van der Waals surface area contributed by atoms with Gasteiger partial charge in [-0.25, -0.2) is 0 Å². The Morgan fingerprint density at radius 1 is 1.26 bits per heavy atom. The summed E-state index contributed by atoms with van der Waals surface area (Å²) in [7, 11) is 0. The number of amides is 1. The highest BCUT2D eigenvalue weighted by molar-refractivity contribution is 5.86. The Bertz CT molecular complexity index is 404. The molecule has 1 unspecified atom stereocenters. The molecule has 0 saturated carbocycles. The molecule has 0 aliphatic carbocycles. The summed E-state index contributed by atoms with van der Waals surface area (Å²) in [5.74, 6) is -0.423. The van der Waals surface area contributed by atoms with Crippen molar-refractivity contribution in [3.05, 3.63) is 35.9 Å². The second kappa shape index (κ2) is 6.68. The average molecular weight is 264 g/mol. The predicted octanol–water partition coefficient (Wildman–Crippen LogP) is 1.79. The first-order valence-electron chi connectivity index (χ1n) is 6.63. The molecule has 0 heterocycles. The maximum Gasteiger partial charge on any atom is 0.244 e. The van der Waals surface area contributed by atoms with E-state index in [4.69, 9.17) is 10.5 Å². The summed E-state index contributed by atoms with van der Waals surface area (Å²) in [6.45, 7) is 8.06. The normalized spacial score (nSPS) is 14.6. The van der Waals surface area contributed by atoms with Gasteiger partial charge in [-0.05, 0) is 33.3 Å². The van der Waals surface area contributed by atoms with E-state index in [1.165, 1.54) is 0 Å². The molecule has 19 heavy (non-hydrogen) atoms. The fourth-order valence-electron chi connectivity index (χ4n) is 2.00. The molecule has 0 fully saturated rings. The summed E-state index contributed by atoms with van der Waals surface area (Å²) in [6, 6.07) is 9.60. The highest BCUT2D eigenvalue weighted by Gasteiger charge is 2.39. The Balaban J connectivity index is 3.15. The highest BCUT2D eigenvalue weighted by atomic mass is 16.5. The van der Waals surface area contributed by atoms with Crippen LogP contribution in [0.4, 0.5) is 0 Å². The van der Waals surface area contributed by atoms with Gasteiger partial charge in [0.2, 0.25) is 5.91 Å². The molecule has 0 aromatic heterocycles. The maximum atomic E-state index is 12.0. The van der Waals surface area contributed by atoms with Gasteiger partial charge in [-0.3, -0.25) is 10.1 Å². The van der Waals surface area contributed by atoms with E-state index in [-0.39, 0.29) is 18.8 Å². The number of hydrogen-bond acceptors (Lipinski definition) is 3. The molecule has 3 N–H and O–H groups in total. The quantitative estimate of drug-likeness (QED) is 0.789. The van der Waals surface area contributed by atoms with Gasteiger partial charge < -0.3 is 10.5 Å². The number of carbonyl (C=O) groups excluding carboxylic acids is 1. The number of rotatable bonds is 7. The van der Waals surface area contributed by atoms with Crippen LogP contribution in [0.3, 0.4) is 0 Å². The van der Waals surface area contributed by atoms with Crippen molar-refractivity contribution in [3.8, 4) is 0 Å². The molecule has 1 aromatic rings. The Labute approximate surface area is 115 Å². The van der Waals surface area contributed by atoms with Gasteiger partial charge in [0.25, 0.3) is 0 Å². The lowest BCUT2D eigenvalue weighted by Crippen LogP contribution is -2.58. The monoisotopic (exact) mass is 264 g/mol. The van der Waals surface area contributed by atoms with Crippen molar-refractivity contribution in [2.75, 3.05) is 6.61 Å². The maximum absolute atomic E-state index is 12.0. The minimum atomic E-state index is -0.986. The first-order chi connectivity index (χ1) is 8.88. The van der Waals surface area contributed by atoms with E-state index in [2.05, 4.69) is 5.32 Å². The smallest absolute Gasteiger partial charge is 0.244 e. The summed E-state index contributed by atoms with van der Waals surface area (Å²) >= 11 is 0. The van der Waals surface area contributed by atoms with Crippen molar-refractivity contribution in [3.63, 3.8) is 0 Å². The number of benzene rings is 1. The van der Waals surface area contributed by atoms with Crippen molar-refractivity contribution in [1.82, 2.24) is 5.32 Å². The Kier molecular flexibility index (Phi) is 5.51.